The summed E-state index contributed by atoms with van der Waals surface area (Å²) in [5.74, 6) is -7.73. The molecule has 2 aliphatic heterocycles. The first kappa shape index (κ1) is 31.9. The molecule has 2 fully saturated rings. The number of aliphatic hydroxyl groups is 1. The molecule has 1 amide bonds. The SMILES string of the molecule is COC(O)(OC)[C@@H]1CSCN1C(=O)[C@]1(C(=O)OCc2ccccc2)C(C(=O)OCc2ccccc2)CCN1S(=O)(=O)O. The lowest BCUT2D eigenvalue weighted by molar-refractivity contribution is -0.359. The van der Waals surface area contributed by atoms with Gasteiger partial charge in [-0.2, -0.15) is 12.7 Å². The van der Waals surface area contributed by atoms with Crippen LogP contribution >= 0.6 is 11.8 Å². The van der Waals surface area contributed by atoms with Crippen LogP contribution in [0.4, 0.5) is 0 Å². The number of nitrogens with zero attached hydrogens (tertiary/aromatic N) is 2. The largest absolute Gasteiger partial charge is 0.461 e. The molecule has 42 heavy (non-hydrogen) atoms. The predicted octanol–water partition coefficient (Wildman–Crippen LogP) is 1.18. The van der Waals surface area contributed by atoms with Crippen molar-refractivity contribution in [2.75, 3.05) is 32.4 Å². The second-order valence-electron chi connectivity index (χ2n) is 9.64. The molecule has 0 aliphatic carbocycles. The Morgan fingerprint density at radius 3 is 2.05 bits per heavy atom. The van der Waals surface area contributed by atoms with E-state index in [2.05, 4.69) is 0 Å². The van der Waals surface area contributed by atoms with Crippen molar-refractivity contribution in [2.24, 2.45) is 5.92 Å². The van der Waals surface area contributed by atoms with Crippen molar-refractivity contribution in [2.45, 2.75) is 37.2 Å². The van der Waals surface area contributed by atoms with Crippen LogP contribution < -0.4 is 0 Å². The van der Waals surface area contributed by atoms with Crippen LogP contribution in [0.1, 0.15) is 17.5 Å². The molecule has 2 aromatic carbocycles. The summed E-state index contributed by atoms with van der Waals surface area (Å²) in [6.45, 7) is -1.15. The van der Waals surface area contributed by atoms with Crippen LogP contribution in [0, 0.1) is 5.92 Å². The minimum Gasteiger partial charge on any atom is -0.461 e. The Hall–Kier alpha value is -3.05. The summed E-state index contributed by atoms with van der Waals surface area (Å²) >= 11 is 1.17. The number of rotatable bonds is 11. The van der Waals surface area contributed by atoms with Gasteiger partial charge in [-0.05, 0) is 17.5 Å². The molecule has 13 nitrogen and oxygen atoms in total. The minimum atomic E-state index is -5.26. The van der Waals surface area contributed by atoms with Crippen molar-refractivity contribution < 1.29 is 51.4 Å². The highest BCUT2D eigenvalue weighted by Crippen LogP contribution is 2.43. The first-order valence-electron chi connectivity index (χ1n) is 12.9. The van der Waals surface area contributed by atoms with Crippen molar-refractivity contribution in [3.05, 3.63) is 71.8 Å². The molecule has 2 N–H and O–H groups in total. The van der Waals surface area contributed by atoms with Crippen LogP contribution in [-0.2, 0) is 56.8 Å². The summed E-state index contributed by atoms with van der Waals surface area (Å²) < 4.78 is 57.2. The molecular formula is C27H32N2O11S2. The van der Waals surface area contributed by atoms with Gasteiger partial charge in [-0.15, -0.1) is 11.8 Å². The molecule has 0 bridgehead atoms. The van der Waals surface area contributed by atoms with Crippen LogP contribution in [0.2, 0.25) is 0 Å². The Bertz CT molecular complexity index is 1370. The molecule has 2 heterocycles. The van der Waals surface area contributed by atoms with Gasteiger partial charge < -0.3 is 29.0 Å². The summed E-state index contributed by atoms with van der Waals surface area (Å²) in [5.41, 5.74) is -1.77. The fourth-order valence-corrected chi connectivity index (χ4v) is 7.35. The number of carbonyl (C=O) groups excluding carboxylic acids is 3. The maximum atomic E-state index is 14.5. The molecule has 2 saturated heterocycles. The Kier molecular flexibility index (Phi) is 9.92. The number of methoxy groups -OCH3 is 2. The van der Waals surface area contributed by atoms with Gasteiger partial charge in [0.2, 0.25) is 5.54 Å². The van der Waals surface area contributed by atoms with Gasteiger partial charge >= 0.3 is 28.2 Å². The zero-order valence-electron chi connectivity index (χ0n) is 23.0. The summed E-state index contributed by atoms with van der Waals surface area (Å²) in [6.07, 6.45) is -0.343. The molecule has 0 radical (unpaired) electrons. The monoisotopic (exact) mass is 624 g/mol. The van der Waals surface area contributed by atoms with Gasteiger partial charge in [0.15, 0.2) is 0 Å². The van der Waals surface area contributed by atoms with Gasteiger partial charge in [0.05, 0.1) is 11.8 Å². The summed E-state index contributed by atoms with van der Waals surface area (Å²) in [4.78, 5) is 43.2. The molecule has 0 spiro atoms. The number of hydrogen-bond acceptors (Lipinski definition) is 11. The highest BCUT2D eigenvalue weighted by Gasteiger charge is 2.70. The molecule has 0 aromatic heterocycles. The smallest absolute Gasteiger partial charge is 0.338 e. The van der Waals surface area contributed by atoms with Gasteiger partial charge in [-0.25, -0.2) is 4.79 Å². The average Bonchev–Trinajstić information content (AvgIpc) is 3.66. The molecule has 3 atom stereocenters. The number of benzene rings is 2. The summed E-state index contributed by atoms with van der Waals surface area (Å²) in [7, 11) is -2.98. The first-order valence-corrected chi connectivity index (χ1v) is 15.4. The van der Waals surface area contributed by atoms with Crippen molar-refractivity contribution >= 4 is 39.9 Å². The Morgan fingerprint density at radius 2 is 1.52 bits per heavy atom. The number of esters is 2. The lowest BCUT2D eigenvalue weighted by Crippen LogP contribution is -2.69. The van der Waals surface area contributed by atoms with Crippen molar-refractivity contribution in [3.63, 3.8) is 0 Å². The fraction of sp³-hybridized carbons (Fsp3) is 0.444. The quantitative estimate of drug-likeness (QED) is 0.159. The Balaban J connectivity index is 1.79. The Morgan fingerprint density at radius 1 is 0.976 bits per heavy atom. The van der Waals surface area contributed by atoms with Crippen molar-refractivity contribution in [1.82, 2.24) is 9.21 Å². The lowest BCUT2D eigenvalue weighted by Gasteiger charge is -2.42. The van der Waals surface area contributed by atoms with Gasteiger partial charge in [0.25, 0.3) is 5.91 Å². The normalized spacial score (nSPS) is 23.1. The molecule has 15 heteroatoms. The molecule has 0 saturated carbocycles. The zero-order chi connectivity index (χ0) is 30.5. The van der Waals surface area contributed by atoms with Crippen LogP contribution in [0.15, 0.2) is 60.7 Å². The van der Waals surface area contributed by atoms with E-state index in [0.29, 0.717) is 11.1 Å². The second kappa shape index (κ2) is 13.1. The molecule has 1 unspecified atom stereocenters. The maximum absolute atomic E-state index is 14.5. The van der Waals surface area contributed by atoms with E-state index < -0.39 is 58.2 Å². The van der Waals surface area contributed by atoms with E-state index in [1.807, 2.05) is 0 Å². The first-order chi connectivity index (χ1) is 20.0. The van der Waals surface area contributed by atoms with Gasteiger partial charge in [-0.3, -0.25) is 14.1 Å². The van der Waals surface area contributed by atoms with Gasteiger partial charge in [0.1, 0.15) is 19.3 Å². The standard InChI is InChI=1S/C27H32N2O11S2/c1-37-27(33,38-2)22-17-41-18-28(22)24(31)26(25(32)40-16-20-11-7-4-8-12-20)21(13-14-29(26)42(34,35)36)23(30)39-15-19-9-5-3-6-10-19/h3-12,21-22,33H,13-18H2,1-2H3,(H,34,35,36)/t21?,22-,26-/m0/s1. The summed E-state index contributed by atoms with van der Waals surface area (Å²) in [5, 5.41) is 10.9. The third kappa shape index (κ3) is 6.17. The summed E-state index contributed by atoms with van der Waals surface area (Å²) in [6, 6.07) is 15.8. The van der Waals surface area contributed by atoms with E-state index in [1.54, 1.807) is 60.7 Å². The lowest BCUT2D eigenvalue weighted by atomic mass is 9.83. The van der Waals surface area contributed by atoms with Crippen molar-refractivity contribution in [3.8, 4) is 0 Å². The second-order valence-corrected chi connectivity index (χ2v) is 12.0. The number of hydrogen-bond donors (Lipinski definition) is 2. The van der Waals surface area contributed by atoms with E-state index in [9.17, 15) is 32.5 Å². The third-order valence-electron chi connectivity index (χ3n) is 7.30. The number of amides is 1. The molecule has 2 aliphatic rings. The van der Waals surface area contributed by atoms with Crippen LogP contribution in [0.5, 0.6) is 0 Å². The van der Waals surface area contributed by atoms with Crippen LogP contribution in [-0.4, -0.2) is 95.1 Å². The van der Waals surface area contributed by atoms with Crippen LogP contribution in [0.25, 0.3) is 0 Å². The minimum absolute atomic E-state index is 0.0774. The number of ether oxygens (including phenoxy) is 4. The number of carbonyl (C=O) groups is 3. The van der Waals surface area contributed by atoms with E-state index in [-0.39, 0.29) is 35.6 Å². The molecular weight excluding hydrogens is 592 g/mol. The third-order valence-corrected chi connectivity index (χ3v) is 9.34. The zero-order valence-corrected chi connectivity index (χ0v) is 24.6. The Labute approximate surface area is 247 Å². The van der Waals surface area contributed by atoms with Crippen molar-refractivity contribution in [1.29, 1.82) is 0 Å². The topological polar surface area (TPSA) is 169 Å². The molecule has 228 valence electrons. The molecule has 4 rings (SSSR count). The van der Waals surface area contributed by atoms with Crippen LogP contribution in [0.3, 0.4) is 0 Å². The van der Waals surface area contributed by atoms with Gasteiger partial charge in [-0.1, -0.05) is 60.7 Å². The highest BCUT2D eigenvalue weighted by atomic mass is 32.2. The fourth-order valence-electron chi connectivity index (χ4n) is 5.16. The maximum Gasteiger partial charge on any atom is 0.338 e. The van der Waals surface area contributed by atoms with E-state index in [1.165, 1.54) is 11.8 Å². The van der Waals surface area contributed by atoms with E-state index in [4.69, 9.17) is 18.9 Å². The predicted molar refractivity (Wildman–Crippen MR) is 148 cm³/mol. The van der Waals surface area contributed by atoms with Gasteiger partial charge in [0, 0.05) is 26.5 Å². The molecule has 2 aromatic rings. The van der Waals surface area contributed by atoms with E-state index in [0.717, 1.165) is 19.1 Å². The highest BCUT2D eigenvalue weighted by molar-refractivity contribution is 7.99. The number of thioether (sulfide) groups is 1. The average molecular weight is 625 g/mol. The van der Waals surface area contributed by atoms with E-state index >= 15 is 0 Å².